The van der Waals surface area contributed by atoms with Crippen molar-refractivity contribution in [3.05, 3.63) is 28.8 Å². The summed E-state index contributed by atoms with van der Waals surface area (Å²) >= 11 is 5.57. The lowest BCUT2D eigenvalue weighted by molar-refractivity contribution is 0.596. The molecule has 0 aromatic heterocycles. The Bertz CT molecular complexity index is 331. The molecule has 0 bridgehead atoms. The Morgan fingerprint density at radius 1 is 1.15 bits per heavy atom. The summed E-state index contributed by atoms with van der Waals surface area (Å²) in [7, 11) is -1.99. The maximum atomic E-state index is 13.4. The monoisotopic (exact) mass is 220 g/mol. The van der Waals surface area contributed by atoms with Gasteiger partial charge in [-0.15, -0.1) is 0 Å². The van der Waals surface area contributed by atoms with Crippen LogP contribution in [-0.4, -0.2) is 8.07 Å². The van der Waals surface area contributed by atoms with Crippen molar-refractivity contribution in [2.24, 2.45) is 0 Å². The van der Waals surface area contributed by atoms with Gasteiger partial charge in [-0.1, -0.05) is 31.2 Å². The molecule has 0 aliphatic heterocycles. The summed E-state index contributed by atoms with van der Waals surface area (Å²) in [5.74, 6) is -1.08. The molecule has 0 amide bonds. The zero-order chi connectivity index (χ0) is 10.2. The Morgan fingerprint density at radius 3 is 2.08 bits per heavy atom. The second kappa shape index (κ2) is 3.39. The van der Waals surface area contributed by atoms with E-state index in [2.05, 4.69) is 0 Å². The number of benzene rings is 1. The average Bonchev–Trinajstić information content (AvgIpc) is 1.95. The average molecular weight is 221 g/mol. The maximum absolute atomic E-state index is 13.4. The lowest BCUT2D eigenvalue weighted by atomic mass is 10.3. The van der Waals surface area contributed by atoms with Crippen LogP contribution in [0.2, 0.25) is 24.7 Å². The minimum Gasteiger partial charge on any atom is -0.207 e. The highest BCUT2D eigenvalue weighted by Crippen LogP contribution is 2.17. The standard InChI is InChI=1S/C9H11ClF2Si/c1-13(2,3)9-7(11)5-4-6(10)8(9)12/h4-5H,1-3H3. The van der Waals surface area contributed by atoms with E-state index in [0.717, 1.165) is 0 Å². The third-order valence-corrected chi connectivity index (χ3v) is 4.04. The molecule has 0 nitrogen and oxygen atoms in total. The van der Waals surface area contributed by atoms with Crippen molar-refractivity contribution in [1.29, 1.82) is 0 Å². The van der Waals surface area contributed by atoms with Crippen LogP contribution >= 0.6 is 11.6 Å². The first-order chi connectivity index (χ1) is 5.84. The van der Waals surface area contributed by atoms with E-state index in [1.54, 1.807) is 0 Å². The Kier molecular flexibility index (Phi) is 2.78. The van der Waals surface area contributed by atoms with Gasteiger partial charge < -0.3 is 0 Å². The van der Waals surface area contributed by atoms with Crippen LogP contribution in [0.25, 0.3) is 0 Å². The van der Waals surface area contributed by atoms with Crippen molar-refractivity contribution < 1.29 is 8.78 Å². The van der Waals surface area contributed by atoms with Gasteiger partial charge in [0, 0.05) is 5.19 Å². The first-order valence-electron chi connectivity index (χ1n) is 3.98. The van der Waals surface area contributed by atoms with Gasteiger partial charge in [-0.05, 0) is 12.1 Å². The molecule has 0 fully saturated rings. The van der Waals surface area contributed by atoms with Gasteiger partial charge in [0.2, 0.25) is 0 Å². The Labute approximate surface area is 82.5 Å². The van der Waals surface area contributed by atoms with Crippen molar-refractivity contribution >= 4 is 24.9 Å². The summed E-state index contributed by atoms with van der Waals surface area (Å²) in [6, 6.07) is 2.47. The molecule has 1 aromatic rings. The molecule has 0 heterocycles. The molecule has 0 aliphatic carbocycles. The predicted octanol–water partition coefficient (Wildman–Crippen LogP) is 3.16. The van der Waals surface area contributed by atoms with E-state index in [1.165, 1.54) is 12.1 Å². The highest BCUT2D eigenvalue weighted by Gasteiger charge is 2.26. The Morgan fingerprint density at radius 2 is 1.69 bits per heavy atom. The molecule has 0 radical (unpaired) electrons. The molecule has 0 atom stereocenters. The SMILES string of the molecule is C[Si](C)(C)c1c(F)ccc(Cl)c1F. The van der Waals surface area contributed by atoms with E-state index in [9.17, 15) is 8.78 Å². The van der Waals surface area contributed by atoms with Gasteiger partial charge in [-0.3, -0.25) is 0 Å². The van der Waals surface area contributed by atoms with Crippen LogP contribution in [0.4, 0.5) is 8.78 Å². The topological polar surface area (TPSA) is 0 Å². The molecular weight excluding hydrogens is 210 g/mol. The summed E-state index contributed by atoms with van der Waals surface area (Å²) in [4.78, 5) is 0. The van der Waals surface area contributed by atoms with Crippen LogP contribution in [0.3, 0.4) is 0 Å². The molecule has 0 saturated carbocycles. The van der Waals surface area contributed by atoms with Crippen molar-refractivity contribution in [3.63, 3.8) is 0 Å². The van der Waals surface area contributed by atoms with E-state index in [0.29, 0.717) is 0 Å². The highest BCUT2D eigenvalue weighted by molar-refractivity contribution is 6.88. The van der Waals surface area contributed by atoms with Gasteiger partial charge in [0.25, 0.3) is 0 Å². The van der Waals surface area contributed by atoms with Gasteiger partial charge in [0.15, 0.2) is 0 Å². The number of rotatable bonds is 1. The van der Waals surface area contributed by atoms with E-state index < -0.39 is 19.7 Å². The second-order valence-electron chi connectivity index (χ2n) is 3.97. The van der Waals surface area contributed by atoms with Crippen LogP contribution in [0.15, 0.2) is 12.1 Å². The largest absolute Gasteiger partial charge is 0.207 e. The van der Waals surface area contributed by atoms with Crippen molar-refractivity contribution in [1.82, 2.24) is 0 Å². The predicted molar refractivity (Wildman–Crippen MR) is 54.3 cm³/mol. The molecule has 13 heavy (non-hydrogen) atoms. The summed E-state index contributed by atoms with van der Waals surface area (Å²) < 4.78 is 26.7. The van der Waals surface area contributed by atoms with Gasteiger partial charge >= 0.3 is 0 Å². The van der Waals surface area contributed by atoms with Crippen LogP contribution in [0, 0.1) is 11.6 Å². The fourth-order valence-electron chi connectivity index (χ4n) is 1.21. The first kappa shape index (κ1) is 10.7. The highest BCUT2D eigenvalue weighted by atomic mass is 35.5. The third kappa shape index (κ3) is 2.09. The summed E-state index contributed by atoms with van der Waals surface area (Å²) in [6.07, 6.45) is 0. The maximum Gasteiger partial charge on any atom is 0.143 e. The molecular formula is C9H11ClF2Si. The quantitative estimate of drug-likeness (QED) is 0.504. The molecule has 72 valence electrons. The van der Waals surface area contributed by atoms with E-state index in [1.807, 2.05) is 19.6 Å². The molecule has 1 aromatic carbocycles. The summed E-state index contributed by atoms with van der Waals surface area (Å²) in [5, 5.41) is 0.179. The summed E-state index contributed by atoms with van der Waals surface area (Å²) in [5.41, 5.74) is 0. The first-order valence-corrected chi connectivity index (χ1v) is 7.86. The normalized spacial score (nSPS) is 11.8. The van der Waals surface area contributed by atoms with Crippen LogP contribution in [0.5, 0.6) is 0 Å². The fourth-order valence-corrected chi connectivity index (χ4v) is 3.04. The lowest BCUT2D eigenvalue weighted by Gasteiger charge is -2.18. The fraction of sp³-hybridized carbons (Fsp3) is 0.333. The number of hydrogen-bond acceptors (Lipinski definition) is 0. The molecule has 0 aliphatic rings. The zero-order valence-electron chi connectivity index (χ0n) is 7.79. The molecule has 1 rings (SSSR count). The van der Waals surface area contributed by atoms with E-state index in [-0.39, 0.29) is 10.2 Å². The molecule has 0 N–H and O–H groups in total. The third-order valence-electron chi connectivity index (χ3n) is 1.79. The smallest absolute Gasteiger partial charge is 0.143 e. The van der Waals surface area contributed by atoms with Crippen molar-refractivity contribution in [2.45, 2.75) is 19.6 Å². The summed E-state index contributed by atoms with van der Waals surface area (Å²) in [6.45, 7) is 5.64. The van der Waals surface area contributed by atoms with Gasteiger partial charge in [-0.25, -0.2) is 8.78 Å². The zero-order valence-corrected chi connectivity index (χ0v) is 9.54. The van der Waals surface area contributed by atoms with Crippen molar-refractivity contribution in [2.75, 3.05) is 0 Å². The Balaban J connectivity index is 3.43. The van der Waals surface area contributed by atoms with Crippen molar-refractivity contribution in [3.8, 4) is 0 Å². The minimum atomic E-state index is -1.99. The molecule has 0 spiro atoms. The number of hydrogen-bond donors (Lipinski definition) is 0. The van der Waals surface area contributed by atoms with Gasteiger partial charge in [-0.2, -0.15) is 0 Å². The lowest BCUT2D eigenvalue weighted by Crippen LogP contribution is -2.42. The van der Waals surface area contributed by atoms with E-state index in [4.69, 9.17) is 11.6 Å². The van der Waals surface area contributed by atoms with E-state index >= 15 is 0 Å². The second-order valence-corrected chi connectivity index (χ2v) is 9.38. The van der Waals surface area contributed by atoms with Gasteiger partial charge in [0.1, 0.15) is 11.6 Å². The van der Waals surface area contributed by atoms with Gasteiger partial charge in [0.05, 0.1) is 13.1 Å². The van der Waals surface area contributed by atoms with Crippen LogP contribution < -0.4 is 5.19 Å². The molecule has 0 unspecified atom stereocenters. The number of halogens is 3. The molecule has 0 saturated heterocycles. The Hall–Kier alpha value is -0.413. The van der Waals surface area contributed by atoms with Crippen LogP contribution in [-0.2, 0) is 0 Å². The molecule has 4 heteroatoms. The minimum absolute atomic E-state index is 0.00109. The van der Waals surface area contributed by atoms with Crippen LogP contribution in [0.1, 0.15) is 0 Å².